The number of carbonyl (C=O) groups excluding carboxylic acids is 1. The van der Waals surface area contributed by atoms with Gasteiger partial charge in [-0.05, 0) is 32.0 Å². The molecule has 118 valence electrons. The van der Waals surface area contributed by atoms with Crippen molar-refractivity contribution in [3.63, 3.8) is 0 Å². The summed E-state index contributed by atoms with van der Waals surface area (Å²) in [7, 11) is 0. The van der Waals surface area contributed by atoms with E-state index in [1.54, 1.807) is 18.6 Å². The van der Waals surface area contributed by atoms with E-state index in [4.69, 9.17) is 4.42 Å². The lowest BCUT2D eigenvalue weighted by Gasteiger charge is -2.21. The van der Waals surface area contributed by atoms with Crippen molar-refractivity contribution in [2.24, 2.45) is 0 Å². The largest absolute Gasteiger partial charge is 0.472 e. The van der Waals surface area contributed by atoms with E-state index in [1.165, 1.54) is 11.8 Å². The first kappa shape index (κ1) is 15.4. The molecule has 6 nitrogen and oxygen atoms in total. The lowest BCUT2D eigenvalue weighted by molar-refractivity contribution is -0.117. The van der Waals surface area contributed by atoms with Gasteiger partial charge in [0.1, 0.15) is 6.26 Å². The van der Waals surface area contributed by atoms with Crippen molar-refractivity contribution in [1.82, 2.24) is 15.2 Å². The number of H-pyrrole nitrogens is 1. The number of amides is 1. The summed E-state index contributed by atoms with van der Waals surface area (Å²) in [6.45, 7) is 3.69. The molecule has 2 N–H and O–H groups in total. The second-order valence-electron chi connectivity index (χ2n) is 5.42. The summed E-state index contributed by atoms with van der Waals surface area (Å²) in [5.41, 5.74) is 1.58. The van der Waals surface area contributed by atoms with Crippen molar-refractivity contribution in [2.45, 2.75) is 23.8 Å². The van der Waals surface area contributed by atoms with E-state index >= 15 is 0 Å². The Hall–Kier alpha value is -2.54. The van der Waals surface area contributed by atoms with Gasteiger partial charge in [-0.1, -0.05) is 30.0 Å². The van der Waals surface area contributed by atoms with Crippen LogP contribution in [0.25, 0.3) is 11.4 Å². The van der Waals surface area contributed by atoms with Crippen molar-refractivity contribution in [3.05, 3.63) is 48.9 Å². The molecule has 1 amide bonds. The van der Waals surface area contributed by atoms with Crippen LogP contribution in [0.4, 0.5) is 5.69 Å². The van der Waals surface area contributed by atoms with Crippen LogP contribution >= 0.6 is 11.8 Å². The van der Waals surface area contributed by atoms with Crippen LogP contribution < -0.4 is 5.32 Å². The molecule has 23 heavy (non-hydrogen) atoms. The van der Waals surface area contributed by atoms with Crippen molar-refractivity contribution in [1.29, 1.82) is 0 Å². The summed E-state index contributed by atoms with van der Waals surface area (Å²) in [6, 6.07) is 11.2. The molecule has 0 bridgehead atoms. The number of nitrogens with zero attached hydrogens (tertiary/aromatic N) is 2. The SMILES string of the molecule is CC(C)(Sc1nnc(-c2ccoc2)[nH]1)C(=O)Nc1ccccc1. The van der Waals surface area contributed by atoms with Crippen LogP contribution in [0.2, 0.25) is 0 Å². The van der Waals surface area contributed by atoms with Gasteiger partial charge in [0.15, 0.2) is 11.0 Å². The summed E-state index contributed by atoms with van der Waals surface area (Å²) in [6.07, 6.45) is 3.16. The molecule has 2 aromatic heterocycles. The fourth-order valence-corrected chi connectivity index (χ4v) is 2.77. The third-order valence-electron chi connectivity index (χ3n) is 3.19. The second kappa shape index (κ2) is 6.29. The van der Waals surface area contributed by atoms with Crippen molar-refractivity contribution in [2.75, 3.05) is 5.32 Å². The van der Waals surface area contributed by atoms with Crippen LogP contribution in [0.15, 0.2) is 58.5 Å². The van der Waals surface area contributed by atoms with Gasteiger partial charge in [0.25, 0.3) is 0 Å². The van der Waals surface area contributed by atoms with Gasteiger partial charge in [-0.2, -0.15) is 0 Å². The Balaban J connectivity index is 1.69. The molecule has 0 saturated carbocycles. The minimum Gasteiger partial charge on any atom is -0.472 e. The van der Waals surface area contributed by atoms with E-state index in [0.717, 1.165) is 11.3 Å². The quantitative estimate of drug-likeness (QED) is 0.699. The highest BCUT2D eigenvalue weighted by molar-refractivity contribution is 8.01. The number of carbonyl (C=O) groups is 1. The van der Waals surface area contributed by atoms with Crippen molar-refractivity contribution in [3.8, 4) is 11.4 Å². The van der Waals surface area contributed by atoms with Crippen LogP contribution in [-0.2, 0) is 4.79 Å². The predicted molar refractivity (Wildman–Crippen MR) is 89.1 cm³/mol. The summed E-state index contributed by atoms with van der Waals surface area (Å²) in [5.74, 6) is 0.510. The van der Waals surface area contributed by atoms with Gasteiger partial charge in [0, 0.05) is 5.69 Å². The molecular weight excluding hydrogens is 312 g/mol. The molecule has 3 aromatic rings. The number of thioether (sulfide) groups is 1. The molecule has 7 heteroatoms. The lowest BCUT2D eigenvalue weighted by Crippen LogP contribution is -2.34. The van der Waals surface area contributed by atoms with Gasteiger partial charge >= 0.3 is 0 Å². The number of anilines is 1. The standard InChI is InChI=1S/C16H16N4O2S/c1-16(2,14(21)17-12-6-4-3-5-7-12)23-15-18-13(19-20-15)11-8-9-22-10-11/h3-10H,1-2H3,(H,17,21)(H,18,19,20). The Morgan fingerprint density at radius 2 is 2.00 bits per heavy atom. The topological polar surface area (TPSA) is 83.8 Å². The molecule has 0 aliphatic heterocycles. The van der Waals surface area contributed by atoms with E-state index in [2.05, 4.69) is 20.5 Å². The van der Waals surface area contributed by atoms with Crippen molar-refractivity contribution >= 4 is 23.4 Å². The molecule has 0 saturated heterocycles. The zero-order valence-corrected chi connectivity index (χ0v) is 13.6. The number of benzene rings is 1. The predicted octanol–water partition coefficient (Wildman–Crippen LogP) is 3.57. The van der Waals surface area contributed by atoms with Gasteiger partial charge in [0.05, 0.1) is 16.6 Å². The minimum atomic E-state index is -0.705. The third kappa shape index (κ3) is 3.62. The number of aromatic nitrogens is 3. The maximum Gasteiger partial charge on any atom is 0.240 e. The number of furan rings is 1. The molecule has 3 rings (SSSR count). The van der Waals surface area contributed by atoms with Crippen LogP contribution in [0.3, 0.4) is 0 Å². The van der Waals surface area contributed by atoms with Gasteiger partial charge in [0.2, 0.25) is 5.91 Å². The fourth-order valence-electron chi connectivity index (χ4n) is 1.91. The fraction of sp³-hybridized carbons (Fsp3) is 0.188. The summed E-state index contributed by atoms with van der Waals surface area (Å²) in [5, 5.41) is 11.6. The Kier molecular flexibility index (Phi) is 4.20. The number of rotatable bonds is 5. The van der Waals surface area contributed by atoms with Gasteiger partial charge in [-0.15, -0.1) is 10.2 Å². The molecule has 0 atom stereocenters. The van der Waals surface area contributed by atoms with E-state index in [-0.39, 0.29) is 5.91 Å². The average molecular weight is 328 g/mol. The number of aromatic amines is 1. The minimum absolute atomic E-state index is 0.102. The number of hydrogen-bond donors (Lipinski definition) is 2. The first-order valence-electron chi connectivity index (χ1n) is 7.05. The smallest absolute Gasteiger partial charge is 0.240 e. The molecule has 0 unspecified atom stereocenters. The van der Waals surface area contributed by atoms with Gasteiger partial charge in [-0.25, -0.2) is 0 Å². The molecule has 0 radical (unpaired) electrons. The van der Waals surface area contributed by atoms with Crippen LogP contribution in [-0.4, -0.2) is 25.8 Å². The molecular formula is C16H16N4O2S. The average Bonchev–Trinajstić information content (AvgIpc) is 3.18. The number of nitrogens with one attached hydrogen (secondary N) is 2. The molecule has 1 aromatic carbocycles. The molecule has 2 heterocycles. The van der Waals surface area contributed by atoms with Crippen molar-refractivity contribution < 1.29 is 9.21 Å². The van der Waals surface area contributed by atoms with E-state index in [9.17, 15) is 4.79 Å². The van der Waals surface area contributed by atoms with E-state index in [1.807, 2.05) is 44.2 Å². The molecule has 0 fully saturated rings. The highest BCUT2D eigenvalue weighted by Crippen LogP contribution is 2.32. The Morgan fingerprint density at radius 3 is 2.70 bits per heavy atom. The second-order valence-corrected chi connectivity index (χ2v) is 7.03. The number of para-hydroxylation sites is 1. The van der Waals surface area contributed by atoms with Gasteiger partial charge in [-0.3, -0.25) is 4.79 Å². The molecule has 0 aliphatic carbocycles. The number of hydrogen-bond acceptors (Lipinski definition) is 5. The first-order chi connectivity index (χ1) is 11.0. The maximum atomic E-state index is 12.5. The molecule has 0 aliphatic rings. The van der Waals surface area contributed by atoms with E-state index < -0.39 is 4.75 Å². The first-order valence-corrected chi connectivity index (χ1v) is 7.87. The Labute approximate surface area is 137 Å². The third-order valence-corrected chi connectivity index (χ3v) is 4.26. The lowest BCUT2D eigenvalue weighted by atomic mass is 10.2. The Morgan fingerprint density at radius 1 is 1.22 bits per heavy atom. The van der Waals surface area contributed by atoms with Crippen LogP contribution in [0.1, 0.15) is 13.8 Å². The monoisotopic (exact) mass is 328 g/mol. The zero-order chi connectivity index (χ0) is 16.3. The highest BCUT2D eigenvalue weighted by atomic mass is 32.2. The zero-order valence-electron chi connectivity index (χ0n) is 12.7. The van der Waals surface area contributed by atoms with E-state index in [0.29, 0.717) is 11.0 Å². The maximum absolute atomic E-state index is 12.5. The summed E-state index contributed by atoms with van der Waals surface area (Å²) in [4.78, 5) is 15.6. The Bertz CT molecular complexity index is 782. The molecule has 0 spiro atoms. The summed E-state index contributed by atoms with van der Waals surface area (Å²) < 4.78 is 4.32. The van der Waals surface area contributed by atoms with Crippen LogP contribution in [0.5, 0.6) is 0 Å². The summed E-state index contributed by atoms with van der Waals surface area (Å²) >= 11 is 1.32. The van der Waals surface area contributed by atoms with Crippen LogP contribution in [0, 0.1) is 0 Å². The van der Waals surface area contributed by atoms with Gasteiger partial charge < -0.3 is 14.7 Å². The highest BCUT2D eigenvalue weighted by Gasteiger charge is 2.30. The normalized spacial score (nSPS) is 11.4.